The number of unbranched alkanes of at least 4 members (excludes halogenated alkanes) is 12. The van der Waals surface area contributed by atoms with E-state index in [0.29, 0.717) is 6.42 Å². The Hall–Kier alpha value is -1.00. The van der Waals surface area contributed by atoms with E-state index in [1.54, 1.807) is 0 Å². The van der Waals surface area contributed by atoms with Gasteiger partial charge in [0.2, 0.25) is 0 Å². The van der Waals surface area contributed by atoms with Crippen molar-refractivity contribution in [2.24, 2.45) is 5.92 Å². The van der Waals surface area contributed by atoms with Gasteiger partial charge in [0.1, 0.15) is 0 Å². The van der Waals surface area contributed by atoms with Gasteiger partial charge in [0.05, 0.1) is 19.1 Å². The monoisotopic (exact) mass is 509 g/mol. The summed E-state index contributed by atoms with van der Waals surface area (Å²) >= 11 is 0. The normalized spacial score (nSPS) is 13.6. The van der Waals surface area contributed by atoms with E-state index in [0.717, 1.165) is 39.2 Å². The molecule has 0 aliphatic heterocycles. The molecule has 0 fully saturated rings. The number of aliphatic hydroxyl groups excluding tert-OH is 1. The predicted octanol–water partition coefficient (Wildman–Crippen LogP) is 6.33. The maximum absolute atomic E-state index is 11.6. The third-order valence-electron chi connectivity index (χ3n) is 5.87. The molecule has 5 N–H and O–H groups in total. The molecule has 0 radical (unpaired) electrons. The second-order valence-electron chi connectivity index (χ2n) is 8.80. The predicted molar refractivity (Wildman–Crippen MR) is 137 cm³/mol. The van der Waals surface area contributed by atoms with Crippen LogP contribution < -0.4 is 6.15 Å². The Kier molecular flexibility index (Phi) is 24.5. The van der Waals surface area contributed by atoms with Gasteiger partial charge in [-0.2, -0.15) is 8.42 Å². The average molecular weight is 510 g/mol. The summed E-state index contributed by atoms with van der Waals surface area (Å²) in [5, 5.41) is 18.6. The van der Waals surface area contributed by atoms with Crippen molar-refractivity contribution < 1.29 is 31.8 Å². The number of carboxylic acid groups (broad SMARTS) is 1. The first kappa shape index (κ1) is 35.2. The lowest BCUT2D eigenvalue weighted by Crippen LogP contribution is -2.27. The summed E-state index contributed by atoms with van der Waals surface area (Å²) < 4.78 is 32.1. The summed E-state index contributed by atoms with van der Waals surface area (Å²) in [6.07, 6.45) is 20.9. The molecule has 0 aromatic carbocycles. The van der Waals surface area contributed by atoms with Gasteiger partial charge in [-0.15, -0.1) is 0 Å². The van der Waals surface area contributed by atoms with Gasteiger partial charge < -0.3 is 16.4 Å². The molecule has 0 spiro atoms. The first-order valence-corrected chi connectivity index (χ1v) is 14.2. The molecule has 0 aliphatic carbocycles. The second-order valence-corrected chi connectivity index (χ2v) is 10.1. The van der Waals surface area contributed by atoms with E-state index in [4.69, 9.17) is 9.29 Å². The Morgan fingerprint density at radius 2 is 1.35 bits per heavy atom. The Labute approximate surface area is 208 Å². The molecule has 0 saturated carbocycles. The van der Waals surface area contributed by atoms with Crippen LogP contribution in [0.25, 0.3) is 0 Å². The smallest absolute Gasteiger partial charge is 0.399 e. The third-order valence-corrected chi connectivity index (χ3v) is 6.79. The van der Waals surface area contributed by atoms with Crippen molar-refractivity contribution in [2.45, 2.75) is 122 Å². The van der Waals surface area contributed by atoms with Gasteiger partial charge in [-0.1, -0.05) is 83.3 Å². The Bertz CT molecular complexity index is 596. The lowest BCUT2D eigenvalue weighted by molar-refractivity contribution is -0.143. The molecule has 0 aromatic rings. The van der Waals surface area contributed by atoms with Gasteiger partial charge in [-0.3, -0.25) is 8.98 Å². The number of hydrogen-bond donors (Lipinski definition) is 3. The van der Waals surface area contributed by atoms with Crippen molar-refractivity contribution in [1.29, 1.82) is 0 Å². The zero-order valence-corrected chi connectivity index (χ0v) is 22.4. The highest BCUT2D eigenvalue weighted by Crippen LogP contribution is 2.22. The zero-order valence-electron chi connectivity index (χ0n) is 21.6. The molecule has 204 valence electrons. The summed E-state index contributed by atoms with van der Waals surface area (Å²) in [6.45, 7) is 1.96. The Morgan fingerprint density at radius 3 is 1.82 bits per heavy atom. The maximum Gasteiger partial charge on any atom is 0.399 e. The molecule has 2 atom stereocenters. The molecule has 34 heavy (non-hydrogen) atoms. The molecule has 0 rings (SSSR count). The number of aliphatic carboxylic acids is 1. The number of carbonyl (C=O) groups is 1. The van der Waals surface area contributed by atoms with Crippen molar-refractivity contribution in [2.75, 3.05) is 13.7 Å². The molecule has 8 nitrogen and oxygen atoms in total. The fourth-order valence-electron chi connectivity index (χ4n) is 3.85. The van der Waals surface area contributed by atoms with Crippen LogP contribution >= 0.6 is 0 Å². The number of aliphatic hydroxyl groups is 1. The lowest BCUT2D eigenvalue weighted by Gasteiger charge is -2.20. The van der Waals surface area contributed by atoms with Crippen LogP contribution in [0.2, 0.25) is 0 Å². The topological polar surface area (TPSA) is 145 Å². The van der Waals surface area contributed by atoms with Crippen molar-refractivity contribution in [3.63, 3.8) is 0 Å². The summed E-state index contributed by atoms with van der Waals surface area (Å²) in [5.74, 6) is -1.67. The first-order valence-electron chi connectivity index (χ1n) is 12.8. The van der Waals surface area contributed by atoms with Crippen molar-refractivity contribution in [1.82, 2.24) is 6.15 Å². The molecule has 0 aliphatic rings. The average Bonchev–Trinajstić information content (AvgIpc) is 2.77. The molecule has 0 aromatic heterocycles. The van der Waals surface area contributed by atoms with Crippen molar-refractivity contribution in [3.8, 4) is 0 Å². The minimum atomic E-state index is -4.17. The van der Waals surface area contributed by atoms with Crippen LogP contribution in [0.5, 0.6) is 0 Å². The summed E-state index contributed by atoms with van der Waals surface area (Å²) in [6, 6.07) is 0. The van der Waals surface area contributed by atoms with E-state index in [1.165, 1.54) is 57.8 Å². The fraction of sp³-hybridized carbons (Fsp3) is 0.880. The van der Waals surface area contributed by atoms with Crippen LogP contribution in [0.1, 0.15) is 116 Å². The molecule has 0 amide bonds. The van der Waals surface area contributed by atoms with E-state index < -0.39 is 28.4 Å². The highest BCUT2D eigenvalue weighted by Gasteiger charge is 2.26. The highest BCUT2D eigenvalue weighted by molar-refractivity contribution is 7.81. The SMILES string of the molecule is CCCCCCCC/C=C\CCCCCCCCC(CC(CCO)OS(=O)(=O)OC)C(=O)O.N. The van der Waals surface area contributed by atoms with Gasteiger partial charge in [0, 0.05) is 6.61 Å². The van der Waals surface area contributed by atoms with Crippen LogP contribution in [0.3, 0.4) is 0 Å². The highest BCUT2D eigenvalue weighted by atomic mass is 32.3. The minimum Gasteiger partial charge on any atom is -0.481 e. The van der Waals surface area contributed by atoms with Gasteiger partial charge in [0.25, 0.3) is 0 Å². The van der Waals surface area contributed by atoms with Crippen LogP contribution in [0.4, 0.5) is 0 Å². The quantitative estimate of drug-likeness (QED) is 0.101. The summed E-state index contributed by atoms with van der Waals surface area (Å²) in [7, 11) is -3.19. The second kappa shape index (κ2) is 23.7. The van der Waals surface area contributed by atoms with Gasteiger partial charge in [-0.05, 0) is 44.9 Å². The minimum absolute atomic E-state index is 0. The molecule has 0 saturated heterocycles. The van der Waals surface area contributed by atoms with Gasteiger partial charge in [0.15, 0.2) is 0 Å². The number of carboxylic acids is 1. The van der Waals surface area contributed by atoms with Crippen LogP contribution in [0, 0.1) is 5.92 Å². The fourth-order valence-corrected chi connectivity index (χ4v) is 4.44. The molecular weight excluding hydrogens is 458 g/mol. The number of hydrogen-bond acceptors (Lipinski definition) is 7. The zero-order chi connectivity index (χ0) is 24.8. The van der Waals surface area contributed by atoms with E-state index in [1.807, 2.05) is 0 Å². The molecular formula is C25H51NO7S. The van der Waals surface area contributed by atoms with E-state index >= 15 is 0 Å². The first-order chi connectivity index (χ1) is 15.9. The Morgan fingerprint density at radius 1 is 0.853 bits per heavy atom. The van der Waals surface area contributed by atoms with Crippen LogP contribution in [0.15, 0.2) is 12.2 Å². The largest absolute Gasteiger partial charge is 0.481 e. The van der Waals surface area contributed by atoms with Crippen LogP contribution in [-0.2, 0) is 23.6 Å². The summed E-state index contributed by atoms with van der Waals surface area (Å²) in [4.78, 5) is 11.6. The van der Waals surface area contributed by atoms with E-state index in [2.05, 4.69) is 23.3 Å². The lowest BCUT2D eigenvalue weighted by atomic mass is 9.93. The Balaban J connectivity index is 0. The molecule has 0 heterocycles. The van der Waals surface area contributed by atoms with Crippen molar-refractivity contribution >= 4 is 16.4 Å². The molecule has 9 heteroatoms. The van der Waals surface area contributed by atoms with Crippen molar-refractivity contribution in [3.05, 3.63) is 12.2 Å². The number of allylic oxidation sites excluding steroid dienone is 2. The number of rotatable bonds is 24. The molecule has 0 bridgehead atoms. The maximum atomic E-state index is 11.6. The third kappa shape index (κ3) is 21.5. The van der Waals surface area contributed by atoms with E-state index in [9.17, 15) is 18.3 Å². The van der Waals surface area contributed by atoms with Gasteiger partial charge >= 0.3 is 16.4 Å². The summed E-state index contributed by atoms with van der Waals surface area (Å²) in [5.41, 5.74) is 0. The van der Waals surface area contributed by atoms with Gasteiger partial charge in [-0.25, -0.2) is 4.18 Å². The standard InChI is InChI=1S/C25H48O7S.H3N/c1-3-4-5-6-7-8-9-10-11-12-13-14-15-16-17-18-19-23(25(27)28)22-24(20-21-26)32-33(29,30)31-2;/h10-11,23-24,26H,3-9,12-22H2,1-2H3,(H,27,28);1H3/b11-10-;. The van der Waals surface area contributed by atoms with E-state index in [-0.39, 0.29) is 25.6 Å². The van der Waals surface area contributed by atoms with Crippen LogP contribution in [-0.4, -0.2) is 44.4 Å². The molecule has 2 unspecified atom stereocenters.